The summed E-state index contributed by atoms with van der Waals surface area (Å²) in [6.07, 6.45) is 1.85. The highest BCUT2D eigenvalue weighted by Crippen LogP contribution is 2.14. The number of benzene rings is 1. The van der Waals surface area contributed by atoms with Gasteiger partial charge in [-0.25, -0.2) is 4.98 Å². The van der Waals surface area contributed by atoms with E-state index in [1.807, 2.05) is 30.3 Å². The van der Waals surface area contributed by atoms with Crippen molar-refractivity contribution in [1.82, 2.24) is 15.2 Å². The molecule has 0 saturated carbocycles. The molecule has 0 radical (unpaired) electrons. The number of hydrogen-bond donors (Lipinski definition) is 1. The average molecular weight is 378 g/mol. The van der Waals surface area contributed by atoms with Gasteiger partial charge in [0.25, 0.3) is 0 Å². The van der Waals surface area contributed by atoms with Crippen molar-refractivity contribution in [3.63, 3.8) is 0 Å². The molecule has 0 aliphatic heterocycles. The molecule has 2 rings (SSSR count). The van der Waals surface area contributed by atoms with Crippen molar-refractivity contribution in [2.24, 2.45) is 0 Å². The summed E-state index contributed by atoms with van der Waals surface area (Å²) in [5.41, 5.74) is 2.67. The Morgan fingerprint density at radius 1 is 1.28 bits per heavy atom. The lowest BCUT2D eigenvalue weighted by molar-refractivity contribution is -0.117. The van der Waals surface area contributed by atoms with Crippen LogP contribution in [0.1, 0.15) is 37.0 Å². The lowest BCUT2D eigenvalue weighted by Gasteiger charge is -2.15. The molecule has 1 aromatic heterocycles. The number of nitrogens with one attached hydrogen (secondary N) is 1. The zero-order chi connectivity index (χ0) is 18.2. The predicted molar refractivity (Wildman–Crippen MR) is 106 cm³/mol. The van der Waals surface area contributed by atoms with E-state index in [9.17, 15) is 4.79 Å². The standard InChI is InChI=1S/C19H24ClN3OS/c1-4-23(5-2)12-17-13-25-18(22-17)11-21-19(24)14(3)10-15-6-8-16(20)9-7-15/h6-10,13H,4-5,11-12H2,1-3H3,(H,21,24)/b14-10+. The molecule has 134 valence electrons. The molecule has 4 nitrogen and oxygen atoms in total. The van der Waals surface area contributed by atoms with Crippen molar-refractivity contribution < 1.29 is 4.79 Å². The van der Waals surface area contributed by atoms with Crippen molar-refractivity contribution in [3.05, 3.63) is 56.5 Å². The molecular weight excluding hydrogens is 354 g/mol. The molecule has 0 aliphatic rings. The molecular formula is C19H24ClN3OS. The number of halogens is 1. The Morgan fingerprint density at radius 2 is 1.96 bits per heavy atom. The van der Waals surface area contributed by atoms with Crippen LogP contribution in [-0.2, 0) is 17.9 Å². The van der Waals surface area contributed by atoms with Gasteiger partial charge in [-0.3, -0.25) is 9.69 Å². The van der Waals surface area contributed by atoms with Gasteiger partial charge in [-0.2, -0.15) is 0 Å². The first-order chi connectivity index (χ1) is 12.0. The van der Waals surface area contributed by atoms with Crippen LogP contribution in [0.4, 0.5) is 0 Å². The molecule has 0 fully saturated rings. The highest BCUT2D eigenvalue weighted by atomic mass is 35.5. The third-order valence-corrected chi connectivity index (χ3v) is 5.04. The van der Waals surface area contributed by atoms with Crippen molar-refractivity contribution in [2.75, 3.05) is 13.1 Å². The fourth-order valence-electron chi connectivity index (χ4n) is 2.35. The van der Waals surface area contributed by atoms with Crippen LogP contribution in [0.15, 0.2) is 35.2 Å². The van der Waals surface area contributed by atoms with Gasteiger partial charge < -0.3 is 5.32 Å². The second-order valence-electron chi connectivity index (χ2n) is 5.76. The van der Waals surface area contributed by atoms with Gasteiger partial charge in [-0.1, -0.05) is 37.6 Å². The summed E-state index contributed by atoms with van der Waals surface area (Å²) in [7, 11) is 0. The Balaban J connectivity index is 1.89. The molecule has 25 heavy (non-hydrogen) atoms. The third-order valence-electron chi connectivity index (χ3n) is 3.89. The van der Waals surface area contributed by atoms with Crippen LogP contribution in [0.2, 0.25) is 5.02 Å². The summed E-state index contributed by atoms with van der Waals surface area (Å²) >= 11 is 7.46. The summed E-state index contributed by atoms with van der Waals surface area (Å²) in [5.74, 6) is -0.0876. The van der Waals surface area contributed by atoms with Crippen LogP contribution in [-0.4, -0.2) is 28.9 Å². The monoisotopic (exact) mass is 377 g/mol. The van der Waals surface area contributed by atoms with E-state index in [-0.39, 0.29) is 5.91 Å². The SMILES string of the molecule is CCN(CC)Cc1csc(CNC(=O)/C(C)=C/c2ccc(Cl)cc2)n1. The molecule has 0 atom stereocenters. The first-order valence-corrected chi connectivity index (χ1v) is 9.65. The number of carbonyl (C=O) groups excluding carboxylic acids is 1. The second-order valence-corrected chi connectivity index (χ2v) is 7.13. The molecule has 1 aromatic carbocycles. The van der Waals surface area contributed by atoms with E-state index < -0.39 is 0 Å². The minimum Gasteiger partial charge on any atom is -0.346 e. The Bertz CT molecular complexity index is 721. The van der Waals surface area contributed by atoms with Crippen LogP contribution in [0.5, 0.6) is 0 Å². The fraction of sp³-hybridized carbons (Fsp3) is 0.368. The Morgan fingerprint density at radius 3 is 2.60 bits per heavy atom. The number of amides is 1. The Labute approximate surface area is 158 Å². The third kappa shape index (κ3) is 6.27. The number of rotatable bonds is 8. The van der Waals surface area contributed by atoms with Gasteiger partial charge in [0.15, 0.2) is 0 Å². The average Bonchev–Trinajstić information content (AvgIpc) is 3.07. The molecule has 0 spiro atoms. The molecule has 0 unspecified atom stereocenters. The van der Waals surface area contributed by atoms with Crippen LogP contribution >= 0.6 is 22.9 Å². The topological polar surface area (TPSA) is 45.2 Å². The predicted octanol–water partition coefficient (Wildman–Crippen LogP) is 4.36. The maximum Gasteiger partial charge on any atom is 0.247 e. The Hall–Kier alpha value is -1.69. The molecule has 1 amide bonds. The summed E-state index contributed by atoms with van der Waals surface area (Å²) in [6, 6.07) is 7.40. The Kier molecular flexibility index (Phi) is 7.62. The number of thiazole rings is 1. The number of carbonyl (C=O) groups is 1. The highest BCUT2D eigenvalue weighted by molar-refractivity contribution is 7.09. The van der Waals surface area contributed by atoms with E-state index in [0.29, 0.717) is 17.1 Å². The molecule has 0 aliphatic carbocycles. The summed E-state index contributed by atoms with van der Waals surface area (Å²) in [5, 5.41) is 6.60. The van der Waals surface area contributed by atoms with E-state index in [2.05, 4.69) is 34.4 Å². The van der Waals surface area contributed by atoms with Gasteiger partial charge in [0.1, 0.15) is 5.01 Å². The molecule has 1 N–H and O–H groups in total. The van der Waals surface area contributed by atoms with Crippen molar-refractivity contribution >= 4 is 34.9 Å². The lowest BCUT2D eigenvalue weighted by Crippen LogP contribution is -2.24. The maximum absolute atomic E-state index is 12.2. The van der Waals surface area contributed by atoms with Crippen LogP contribution in [0, 0.1) is 0 Å². The molecule has 0 bridgehead atoms. The van der Waals surface area contributed by atoms with Crippen LogP contribution in [0.25, 0.3) is 6.08 Å². The second kappa shape index (κ2) is 9.70. The van der Waals surface area contributed by atoms with Gasteiger partial charge in [0, 0.05) is 22.5 Å². The summed E-state index contributed by atoms with van der Waals surface area (Å²) < 4.78 is 0. The van der Waals surface area contributed by atoms with E-state index in [1.54, 1.807) is 18.3 Å². The number of aromatic nitrogens is 1. The van der Waals surface area contributed by atoms with Crippen molar-refractivity contribution in [1.29, 1.82) is 0 Å². The van der Waals surface area contributed by atoms with Crippen molar-refractivity contribution in [3.8, 4) is 0 Å². The number of nitrogens with zero attached hydrogens (tertiary/aromatic N) is 2. The molecule has 1 heterocycles. The zero-order valence-electron chi connectivity index (χ0n) is 14.9. The van der Waals surface area contributed by atoms with Crippen LogP contribution < -0.4 is 5.32 Å². The minimum atomic E-state index is -0.0876. The van der Waals surface area contributed by atoms with Gasteiger partial charge in [-0.05, 0) is 43.8 Å². The smallest absolute Gasteiger partial charge is 0.247 e. The van der Waals surface area contributed by atoms with E-state index in [4.69, 9.17) is 11.6 Å². The van der Waals surface area contributed by atoms with Crippen LogP contribution in [0.3, 0.4) is 0 Å². The quantitative estimate of drug-likeness (QED) is 0.695. The van der Waals surface area contributed by atoms with E-state index >= 15 is 0 Å². The highest BCUT2D eigenvalue weighted by Gasteiger charge is 2.08. The molecule has 0 saturated heterocycles. The first kappa shape index (κ1) is 19.6. The molecule has 2 aromatic rings. The fourth-order valence-corrected chi connectivity index (χ4v) is 3.20. The van der Waals surface area contributed by atoms with E-state index in [1.165, 1.54) is 0 Å². The first-order valence-electron chi connectivity index (χ1n) is 8.39. The van der Waals surface area contributed by atoms with Gasteiger partial charge in [-0.15, -0.1) is 11.3 Å². The number of hydrogen-bond acceptors (Lipinski definition) is 4. The maximum atomic E-state index is 12.2. The van der Waals surface area contributed by atoms with Gasteiger partial charge >= 0.3 is 0 Å². The lowest BCUT2D eigenvalue weighted by atomic mass is 10.1. The molecule has 6 heteroatoms. The minimum absolute atomic E-state index is 0.0876. The van der Waals surface area contributed by atoms with E-state index in [0.717, 1.165) is 35.9 Å². The zero-order valence-corrected chi connectivity index (χ0v) is 16.5. The van der Waals surface area contributed by atoms with Crippen molar-refractivity contribution in [2.45, 2.75) is 33.9 Å². The van der Waals surface area contributed by atoms with Gasteiger partial charge in [0.2, 0.25) is 5.91 Å². The van der Waals surface area contributed by atoms with Gasteiger partial charge in [0.05, 0.1) is 12.2 Å². The largest absolute Gasteiger partial charge is 0.346 e. The normalized spacial score (nSPS) is 11.8. The summed E-state index contributed by atoms with van der Waals surface area (Å²) in [4.78, 5) is 19.1. The summed E-state index contributed by atoms with van der Waals surface area (Å²) in [6.45, 7) is 9.42.